The molecule has 2 aliphatic heterocycles. The molecule has 7 nitrogen and oxygen atoms in total. The second-order valence-electron chi connectivity index (χ2n) is 6.59. The van der Waals surface area contributed by atoms with E-state index in [4.69, 9.17) is 9.47 Å². The molecule has 1 aromatic heterocycles. The smallest absolute Gasteiger partial charge is 0.314 e. The zero-order chi connectivity index (χ0) is 17.3. The summed E-state index contributed by atoms with van der Waals surface area (Å²) in [4.78, 5) is 18.6. The van der Waals surface area contributed by atoms with Gasteiger partial charge in [0.15, 0.2) is 0 Å². The van der Waals surface area contributed by atoms with E-state index in [1.165, 1.54) is 0 Å². The van der Waals surface area contributed by atoms with Crippen molar-refractivity contribution in [2.24, 2.45) is 5.92 Å². The second kappa shape index (κ2) is 9.70. The van der Waals surface area contributed by atoms with Crippen molar-refractivity contribution in [3.63, 3.8) is 0 Å². The van der Waals surface area contributed by atoms with E-state index in [0.29, 0.717) is 25.0 Å². The van der Waals surface area contributed by atoms with Crippen LogP contribution in [0.3, 0.4) is 0 Å². The number of nitrogens with one attached hydrogen (secondary N) is 2. The van der Waals surface area contributed by atoms with Gasteiger partial charge in [-0.1, -0.05) is 6.07 Å². The van der Waals surface area contributed by atoms with Crippen LogP contribution in [0.15, 0.2) is 24.5 Å². The molecule has 0 spiro atoms. The first kappa shape index (κ1) is 18.1. The van der Waals surface area contributed by atoms with Gasteiger partial charge in [-0.15, -0.1) is 0 Å². The van der Waals surface area contributed by atoms with Crippen molar-refractivity contribution in [3.05, 3.63) is 30.1 Å². The fourth-order valence-corrected chi connectivity index (χ4v) is 3.49. The molecule has 0 radical (unpaired) electrons. The summed E-state index contributed by atoms with van der Waals surface area (Å²) in [5, 5.41) is 5.97. The highest BCUT2D eigenvalue weighted by Gasteiger charge is 2.31. The minimum absolute atomic E-state index is 0.110. The molecule has 2 N–H and O–H groups in total. The van der Waals surface area contributed by atoms with Crippen LogP contribution in [0.2, 0.25) is 0 Å². The molecule has 138 valence electrons. The van der Waals surface area contributed by atoms with Crippen molar-refractivity contribution in [1.82, 2.24) is 20.5 Å². The van der Waals surface area contributed by atoms with Crippen LogP contribution in [0.4, 0.5) is 4.79 Å². The van der Waals surface area contributed by atoms with E-state index in [9.17, 15) is 4.79 Å². The standard InChI is InChI=1S/C18H28N4O3/c23-18(20-6-3-15-2-1-5-19-12-15)21-13-17(16-4-9-25-14-16)22-7-10-24-11-8-22/h1-2,5,12,16-17H,3-4,6-11,13-14H2,(H2,20,21,23)/t16-,17-/m0/s1. The van der Waals surface area contributed by atoms with Gasteiger partial charge >= 0.3 is 6.03 Å². The first-order valence-electron chi connectivity index (χ1n) is 9.13. The maximum Gasteiger partial charge on any atom is 0.314 e. The largest absolute Gasteiger partial charge is 0.381 e. The Bertz CT molecular complexity index is 516. The number of ether oxygens (including phenoxy) is 2. The lowest BCUT2D eigenvalue weighted by Gasteiger charge is -2.37. The van der Waals surface area contributed by atoms with Crippen LogP contribution in [0.5, 0.6) is 0 Å². The molecule has 2 saturated heterocycles. The predicted octanol–water partition coefficient (Wildman–Crippen LogP) is 0.661. The average molecular weight is 348 g/mol. The molecule has 1 aromatic rings. The highest BCUT2D eigenvalue weighted by molar-refractivity contribution is 5.73. The number of hydrogen-bond acceptors (Lipinski definition) is 5. The zero-order valence-corrected chi connectivity index (χ0v) is 14.7. The normalized spacial score (nSPS) is 22.5. The highest BCUT2D eigenvalue weighted by Crippen LogP contribution is 2.21. The fraction of sp³-hybridized carbons (Fsp3) is 0.667. The van der Waals surface area contributed by atoms with Crippen LogP contribution in [0, 0.1) is 5.92 Å². The van der Waals surface area contributed by atoms with Gasteiger partial charge < -0.3 is 20.1 Å². The van der Waals surface area contributed by atoms with E-state index in [-0.39, 0.29) is 6.03 Å². The van der Waals surface area contributed by atoms with E-state index in [0.717, 1.165) is 57.9 Å². The van der Waals surface area contributed by atoms with Gasteiger partial charge in [-0.05, 0) is 24.5 Å². The lowest BCUT2D eigenvalue weighted by Crippen LogP contribution is -2.53. The van der Waals surface area contributed by atoms with Crippen molar-refractivity contribution in [2.45, 2.75) is 18.9 Å². The summed E-state index contributed by atoms with van der Waals surface area (Å²) < 4.78 is 11.0. The van der Waals surface area contributed by atoms with Gasteiger partial charge in [-0.3, -0.25) is 9.88 Å². The molecule has 0 saturated carbocycles. The average Bonchev–Trinajstić information content (AvgIpc) is 3.18. The van der Waals surface area contributed by atoms with Crippen LogP contribution in [0.1, 0.15) is 12.0 Å². The molecule has 3 rings (SSSR count). The van der Waals surface area contributed by atoms with E-state index >= 15 is 0 Å². The molecule has 0 aromatic carbocycles. The molecule has 0 aliphatic carbocycles. The topological polar surface area (TPSA) is 75.7 Å². The molecule has 2 amide bonds. The van der Waals surface area contributed by atoms with Crippen LogP contribution in [0.25, 0.3) is 0 Å². The summed E-state index contributed by atoms with van der Waals surface area (Å²) >= 11 is 0. The van der Waals surface area contributed by atoms with Gasteiger partial charge in [0.05, 0.1) is 19.8 Å². The number of morpholine rings is 1. The Morgan fingerprint density at radius 2 is 2.16 bits per heavy atom. The van der Waals surface area contributed by atoms with Crippen molar-refractivity contribution in [2.75, 3.05) is 52.6 Å². The molecule has 0 bridgehead atoms. The first-order chi connectivity index (χ1) is 12.3. The van der Waals surface area contributed by atoms with E-state index < -0.39 is 0 Å². The lowest BCUT2D eigenvalue weighted by atomic mass is 9.97. The minimum atomic E-state index is -0.110. The van der Waals surface area contributed by atoms with Gasteiger partial charge in [0, 0.05) is 57.1 Å². The van der Waals surface area contributed by atoms with Gasteiger partial charge in [-0.2, -0.15) is 0 Å². The quantitative estimate of drug-likeness (QED) is 0.757. The van der Waals surface area contributed by atoms with E-state index in [1.807, 2.05) is 18.3 Å². The molecule has 3 heterocycles. The summed E-state index contributed by atoms with van der Waals surface area (Å²) in [6, 6.07) is 4.13. The van der Waals surface area contributed by atoms with Crippen LogP contribution in [-0.2, 0) is 15.9 Å². The third-order valence-corrected chi connectivity index (χ3v) is 4.92. The van der Waals surface area contributed by atoms with Crippen molar-refractivity contribution in [1.29, 1.82) is 0 Å². The molecule has 2 fully saturated rings. The molecule has 7 heteroatoms. The number of aromatic nitrogens is 1. The number of carbonyl (C=O) groups is 1. The Morgan fingerprint density at radius 3 is 2.88 bits per heavy atom. The maximum absolute atomic E-state index is 12.1. The second-order valence-corrected chi connectivity index (χ2v) is 6.59. The lowest BCUT2D eigenvalue weighted by molar-refractivity contribution is 0.00213. The Kier molecular flexibility index (Phi) is 7.02. The molecule has 2 atom stereocenters. The monoisotopic (exact) mass is 348 g/mol. The van der Waals surface area contributed by atoms with Crippen molar-refractivity contribution >= 4 is 6.03 Å². The van der Waals surface area contributed by atoms with Gasteiger partial charge in [-0.25, -0.2) is 4.79 Å². The van der Waals surface area contributed by atoms with E-state index in [2.05, 4.69) is 20.5 Å². The van der Waals surface area contributed by atoms with E-state index in [1.54, 1.807) is 6.20 Å². The molecule has 25 heavy (non-hydrogen) atoms. The number of amides is 2. The Morgan fingerprint density at radius 1 is 1.28 bits per heavy atom. The maximum atomic E-state index is 12.1. The third-order valence-electron chi connectivity index (χ3n) is 4.92. The molecular formula is C18H28N4O3. The van der Waals surface area contributed by atoms with Crippen molar-refractivity contribution < 1.29 is 14.3 Å². The summed E-state index contributed by atoms with van der Waals surface area (Å²) in [6.45, 7) is 6.23. The minimum Gasteiger partial charge on any atom is -0.381 e. The summed E-state index contributed by atoms with van der Waals surface area (Å²) in [5.74, 6) is 0.480. The number of pyridine rings is 1. The summed E-state index contributed by atoms with van der Waals surface area (Å²) in [7, 11) is 0. The Hall–Kier alpha value is -1.70. The fourth-order valence-electron chi connectivity index (χ4n) is 3.49. The highest BCUT2D eigenvalue weighted by atomic mass is 16.5. The zero-order valence-electron chi connectivity index (χ0n) is 14.7. The third kappa shape index (κ3) is 5.66. The molecular weight excluding hydrogens is 320 g/mol. The summed E-state index contributed by atoms with van der Waals surface area (Å²) in [6.07, 6.45) is 5.42. The Labute approximate surface area is 149 Å². The number of urea groups is 1. The van der Waals surface area contributed by atoms with Crippen LogP contribution in [-0.4, -0.2) is 74.6 Å². The van der Waals surface area contributed by atoms with Gasteiger partial charge in [0.2, 0.25) is 0 Å². The van der Waals surface area contributed by atoms with Crippen molar-refractivity contribution in [3.8, 4) is 0 Å². The SMILES string of the molecule is O=C(NCCc1cccnc1)NC[C@@H]([C@H]1CCOC1)N1CCOCC1. The molecule has 0 unspecified atom stereocenters. The first-order valence-corrected chi connectivity index (χ1v) is 9.13. The van der Waals surface area contributed by atoms with Crippen LogP contribution >= 0.6 is 0 Å². The molecule has 2 aliphatic rings. The van der Waals surface area contributed by atoms with Crippen LogP contribution < -0.4 is 10.6 Å². The summed E-state index contributed by atoms with van der Waals surface area (Å²) in [5.41, 5.74) is 1.12. The Balaban J connectivity index is 1.42. The number of hydrogen-bond donors (Lipinski definition) is 2. The number of rotatable bonds is 7. The number of carbonyl (C=O) groups excluding carboxylic acids is 1. The van der Waals surface area contributed by atoms with Gasteiger partial charge in [0.25, 0.3) is 0 Å². The predicted molar refractivity (Wildman–Crippen MR) is 94.4 cm³/mol. The van der Waals surface area contributed by atoms with Gasteiger partial charge in [0.1, 0.15) is 0 Å². The number of nitrogens with zero attached hydrogens (tertiary/aromatic N) is 2.